The second kappa shape index (κ2) is 54.7. The van der Waals surface area contributed by atoms with Gasteiger partial charge in [0, 0.05) is 19.3 Å². The van der Waals surface area contributed by atoms with Gasteiger partial charge in [-0.2, -0.15) is 0 Å². The molecule has 0 aromatic rings. The highest BCUT2D eigenvalue weighted by molar-refractivity contribution is 5.74. The second-order valence-corrected chi connectivity index (χ2v) is 21.7. The molecular weight excluding hydrogens is 997 g/mol. The minimum absolute atomic E-state index is 0.0406. The lowest BCUT2D eigenvalue weighted by molar-refractivity contribution is -0.301. The standard InChI is InChI=1S/C67H114O12/c1-4-7-10-13-16-19-22-25-27-29-30-32-33-36-38-41-44-47-50-53-59(68)75-56-58(77-60(69)54-51-48-45-42-39-35-24-21-18-15-12-9-6-3)57-76-67-65(63(72)62(71)64(79-67)66(73)74)78-61(70)55-52-49-46-43-40-37-34-31-28-26-23-20-17-14-11-8-5-2/h9,12,16,18-19,21,25,27,35,39,45,48,58,62-65,67,71-72H,4-8,10-11,13-15,17,20,22-24,26,28-34,36-38,40-44,46-47,49-57H2,1-3H3,(H,73,74)/b12-9-,19-16-,21-18-,27-25-,39-35-,48-45-. The number of unbranched alkanes of at least 4 members (excludes halogenated alkanes) is 28. The molecule has 1 heterocycles. The number of ether oxygens (including phenoxy) is 5. The van der Waals surface area contributed by atoms with E-state index in [0.717, 1.165) is 77.0 Å². The van der Waals surface area contributed by atoms with Gasteiger partial charge in [-0.3, -0.25) is 14.4 Å². The van der Waals surface area contributed by atoms with Crippen molar-refractivity contribution < 1.29 is 58.2 Å². The van der Waals surface area contributed by atoms with Gasteiger partial charge in [-0.25, -0.2) is 4.79 Å². The van der Waals surface area contributed by atoms with Gasteiger partial charge in [-0.15, -0.1) is 0 Å². The number of rotatable bonds is 54. The Balaban J connectivity index is 2.66. The van der Waals surface area contributed by atoms with Gasteiger partial charge >= 0.3 is 23.9 Å². The highest BCUT2D eigenvalue weighted by Crippen LogP contribution is 2.27. The Labute approximate surface area is 480 Å². The van der Waals surface area contributed by atoms with Crippen molar-refractivity contribution in [2.45, 2.75) is 314 Å². The predicted molar refractivity (Wildman–Crippen MR) is 322 cm³/mol. The molecular formula is C67H114O12. The topological polar surface area (TPSA) is 175 Å². The highest BCUT2D eigenvalue weighted by atomic mass is 16.7. The first-order valence-corrected chi connectivity index (χ1v) is 31.9. The average molecular weight is 1110 g/mol. The van der Waals surface area contributed by atoms with Gasteiger partial charge in [0.05, 0.1) is 6.61 Å². The lowest BCUT2D eigenvalue weighted by atomic mass is 9.98. The van der Waals surface area contributed by atoms with E-state index in [0.29, 0.717) is 25.7 Å². The number of carboxylic acids is 1. The Hall–Kier alpha value is -3.84. The molecule has 1 aliphatic heterocycles. The van der Waals surface area contributed by atoms with Crippen LogP contribution in [-0.4, -0.2) is 89.2 Å². The Bertz CT molecular complexity index is 1650. The van der Waals surface area contributed by atoms with Crippen molar-refractivity contribution in [3.63, 3.8) is 0 Å². The summed E-state index contributed by atoms with van der Waals surface area (Å²) in [7, 11) is 0. The third-order valence-corrected chi connectivity index (χ3v) is 14.3. The van der Waals surface area contributed by atoms with Crippen molar-refractivity contribution >= 4 is 23.9 Å². The molecule has 1 aliphatic rings. The first kappa shape index (κ1) is 73.2. The Morgan fingerprint density at radius 1 is 0.430 bits per heavy atom. The van der Waals surface area contributed by atoms with Gasteiger partial charge in [-0.05, 0) is 77.0 Å². The fourth-order valence-corrected chi connectivity index (χ4v) is 9.41. The van der Waals surface area contributed by atoms with E-state index in [9.17, 15) is 34.5 Å². The quantitative estimate of drug-likeness (QED) is 0.0228. The van der Waals surface area contributed by atoms with Gasteiger partial charge in [0.1, 0.15) is 18.8 Å². The maximum absolute atomic E-state index is 13.1. The van der Waals surface area contributed by atoms with Gasteiger partial charge in [0.2, 0.25) is 0 Å². The zero-order valence-corrected chi connectivity index (χ0v) is 50.1. The monoisotopic (exact) mass is 1110 g/mol. The van der Waals surface area contributed by atoms with Crippen LogP contribution >= 0.6 is 0 Å². The first-order chi connectivity index (χ1) is 38.6. The minimum atomic E-state index is -1.91. The lowest BCUT2D eigenvalue weighted by Crippen LogP contribution is -2.61. The van der Waals surface area contributed by atoms with Gasteiger partial charge in [0.25, 0.3) is 0 Å². The van der Waals surface area contributed by atoms with E-state index in [1.54, 1.807) is 0 Å². The average Bonchev–Trinajstić information content (AvgIpc) is 3.44. The van der Waals surface area contributed by atoms with Crippen molar-refractivity contribution in [1.82, 2.24) is 0 Å². The second-order valence-electron chi connectivity index (χ2n) is 21.7. The van der Waals surface area contributed by atoms with Crippen molar-refractivity contribution in [1.29, 1.82) is 0 Å². The van der Waals surface area contributed by atoms with Crippen LogP contribution in [0, 0.1) is 0 Å². The summed E-state index contributed by atoms with van der Waals surface area (Å²) in [6, 6.07) is 0. The number of aliphatic hydroxyl groups is 2. The third-order valence-electron chi connectivity index (χ3n) is 14.3. The first-order valence-electron chi connectivity index (χ1n) is 31.9. The van der Waals surface area contributed by atoms with Crippen LogP contribution in [0.2, 0.25) is 0 Å². The van der Waals surface area contributed by atoms with Crippen molar-refractivity contribution in [2.24, 2.45) is 0 Å². The Morgan fingerprint density at radius 2 is 0.823 bits per heavy atom. The largest absolute Gasteiger partial charge is 0.479 e. The molecule has 0 radical (unpaired) electrons. The lowest BCUT2D eigenvalue weighted by Gasteiger charge is -2.40. The summed E-state index contributed by atoms with van der Waals surface area (Å²) in [5, 5.41) is 31.5. The molecule has 6 unspecified atom stereocenters. The number of carboxylic acid groups (broad SMARTS) is 1. The molecule has 0 aliphatic carbocycles. The zero-order valence-electron chi connectivity index (χ0n) is 50.1. The normalized spacial score (nSPS) is 18.3. The zero-order chi connectivity index (χ0) is 57.5. The smallest absolute Gasteiger partial charge is 0.335 e. The fourth-order valence-electron chi connectivity index (χ4n) is 9.41. The van der Waals surface area contributed by atoms with Crippen LogP contribution in [0.3, 0.4) is 0 Å². The summed E-state index contributed by atoms with van der Waals surface area (Å²) in [5.41, 5.74) is 0. The molecule has 454 valence electrons. The van der Waals surface area contributed by atoms with E-state index in [1.165, 1.54) is 135 Å². The summed E-state index contributed by atoms with van der Waals surface area (Å²) in [5.74, 6) is -3.22. The van der Waals surface area contributed by atoms with Gasteiger partial charge in [-0.1, -0.05) is 254 Å². The number of aliphatic hydroxyl groups excluding tert-OH is 2. The minimum Gasteiger partial charge on any atom is -0.479 e. The molecule has 0 bridgehead atoms. The third kappa shape index (κ3) is 44.5. The van der Waals surface area contributed by atoms with Gasteiger partial charge in [0.15, 0.2) is 24.6 Å². The number of aliphatic carboxylic acids is 1. The number of carbonyl (C=O) groups excluding carboxylic acids is 3. The van der Waals surface area contributed by atoms with Crippen molar-refractivity contribution in [3.05, 3.63) is 72.9 Å². The van der Waals surface area contributed by atoms with E-state index in [-0.39, 0.29) is 25.9 Å². The fraction of sp³-hybridized carbons (Fsp3) is 0.761. The van der Waals surface area contributed by atoms with Crippen LogP contribution in [-0.2, 0) is 42.9 Å². The van der Waals surface area contributed by atoms with E-state index in [4.69, 9.17) is 23.7 Å². The molecule has 6 atom stereocenters. The summed E-state index contributed by atoms with van der Waals surface area (Å²) >= 11 is 0. The van der Waals surface area contributed by atoms with Crippen molar-refractivity contribution in [2.75, 3.05) is 13.2 Å². The number of hydrogen-bond donors (Lipinski definition) is 3. The number of esters is 3. The summed E-state index contributed by atoms with van der Waals surface area (Å²) in [4.78, 5) is 51.2. The van der Waals surface area contributed by atoms with E-state index in [1.807, 2.05) is 12.2 Å². The van der Waals surface area contributed by atoms with Gasteiger partial charge < -0.3 is 39.0 Å². The molecule has 0 aromatic heterocycles. The van der Waals surface area contributed by atoms with E-state index in [2.05, 4.69) is 81.5 Å². The molecule has 3 N–H and O–H groups in total. The van der Waals surface area contributed by atoms with E-state index < -0.39 is 67.3 Å². The predicted octanol–water partition coefficient (Wildman–Crippen LogP) is 16.9. The van der Waals surface area contributed by atoms with Crippen LogP contribution in [0.1, 0.15) is 278 Å². The van der Waals surface area contributed by atoms with E-state index >= 15 is 0 Å². The van der Waals surface area contributed by atoms with Crippen molar-refractivity contribution in [3.8, 4) is 0 Å². The molecule has 1 rings (SSSR count). The number of hydrogen-bond acceptors (Lipinski definition) is 11. The maximum Gasteiger partial charge on any atom is 0.335 e. The molecule has 0 aromatic carbocycles. The molecule has 0 spiro atoms. The molecule has 0 amide bonds. The summed E-state index contributed by atoms with van der Waals surface area (Å²) in [6.07, 6.45) is 57.4. The molecule has 0 saturated carbocycles. The summed E-state index contributed by atoms with van der Waals surface area (Å²) < 4.78 is 28.4. The summed E-state index contributed by atoms with van der Waals surface area (Å²) in [6.45, 7) is 5.82. The van der Waals surface area contributed by atoms with Crippen LogP contribution in [0.5, 0.6) is 0 Å². The van der Waals surface area contributed by atoms with Crippen LogP contribution in [0.25, 0.3) is 0 Å². The molecule has 1 saturated heterocycles. The van der Waals surface area contributed by atoms with Crippen LogP contribution in [0.4, 0.5) is 0 Å². The molecule has 1 fully saturated rings. The Kier molecular flexibility index (Phi) is 50.7. The number of allylic oxidation sites excluding steroid dienone is 12. The number of carbonyl (C=O) groups is 4. The molecule has 12 nitrogen and oxygen atoms in total. The van der Waals surface area contributed by atoms with Crippen LogP contribution < -0.4 is 0 Å². The van der Waals surface area contributed by atoms with Crippen LogP contribution in [0.15, 0.2) is 72.9 Å². The molecule has 79 heavy (non-hydrogen) atoms. The molecule has 12 heteroatoms. The Morgan fingerprint density at radius 3 is 1.29 bits per heavy atom. The SMILES string of the molecule is CC/C=C\C/C=C\C/C=C\C/C=C\CCC(=O)OC(COC(=O)CCCCCCCCCCC/C=C\C/C=C\CCCCC)COC1OC(C(=O)O)C(O)C(O)C1OC(=O)CCCCCCCCCCCCCCCCCCC. The highest BCUT2D eigenvalue weighted by Gasteiger charge is 2.50. The maximum atomic E-state index is 13.1.